The van der Waals surface area contributed by atoms with Gasteiger partial charge in [0, 0.05) is 11.8 Å². The number of hydrogen-bond acceptors (Lipinski definition) is 5. The first-order valence-electron chi connectivity index (χ1n) is 9.17. The second kappa shape index (κ2) is 10.9. The Morgan fingerprint density at radius 2 is 1.58 bits per heavy atom. The molecule has 0 bridgehead atoms. The molecular weight excluding hydrogens is 324 g/mol. The molecule has 0 spiro atoms. The molecule has 0 aliphatic rings. The van der Waals surface area contributed by atoms with E-state index in [4.69, 9.17) is 10.5 Å². The van der Waals surface area contributed by atoms with Crippen LogP contribution < -0.4 is 10.5 Å². The number of nitrogens with zero attached hydrogens (tertiary/aromatic N) is 3. The van der Waals surface area contributed by atoms with Crippen molar-refractivity contribution in [1.82, 2.24) is 0 Å². The fourth-order valence-electron chi connectivity index (χ4n) is 2.51. The lowest BCUT2D eigenvalue weighted by molar-refractivity contribution is 0.303. The number of rotatable bonds is 10. The van der Waals surface area contributed by atoms with E-state index in [-0.39, 0.29) is 0 Å². The maximum atomic E-state index is 9.25. The molecule has 0 heterocycles. The molecule has 0 aliphatic heterocycles. The zero-order chi connectivity index (χ0) is 18.6. The molecule has 0 unspecified atom stereocenters. The predicted molar refractivity (Wildman–Crippen MR) is 105 cm³/mol. The van der Waals surface area contributed by atoms with E-state index in [2.05, 4.69) is 23.2 Å². The Kier molecular flexibility index (Phi) is 8.14. The van der Waals surface area contributed by atoms with E-state index in [0.29, 0.717) is 29.3 Å². The van der Waals surface area contributed by atoms with Crippen LogP contribution in [0.15, 0.2) is 52.7 Å². The van der Waals surface area contributed by atoms with E-state index in [0.717, 1.165) is 18.5 Å². The van der Waals surface area contributed by atoms with Gasteiger partial charge >= 0.3 is 0 Å². The predicted octanol–water partition coefficient (Wildman–Crippen LogP) is 6.30. The van der Waals surface area contributed by atoms with E-state index < -0.39 is 0 Å². The quantitative estimate of drug-likeness (QED) is 0.310. The van der Waals surface area contributed by atoms with Crippen molar-refractivity contribution in [2.45, 2.75) is 45.4 Å². The minimum Gasteiger partial charge on any atom is -0.492 e. The third-order valence-electron chi connectivity index (χ3n) is 4.02. The Morgan fingerprint density at radius 3 is 2.31 bits per heavy atom. The van der Waals surface area contributed by atoms with Crippen molar-refractivity contribution in [3.05, 3.63) is 48.0 Å². The molecule has 136 valence electrons. The van der Waals surface area contributed by atoms with Gasteiger partial charge in [-0.3, -0.25) is 0 Å². The lowest BCUT2D eigenvalue weighted by Gasteiger charge is -2.08. The molecule has 0 atom stereocenters. The first kappa shape index (κ1) is 19.5. The maximum Gasteiger partial charge on any atom is 0.139 e. The van der Waals surface area contributed by atoms with E-state index in [1.807, 2.05) is 0 Å². The summed E-state index contributed by atoms with van der Waals surface area (Å²) in [6.45, 7) is 2.82. The number of unbranched alkanes of at least 4 members (excludes halogenated alkanes) is 5. The van der Waals surface area contributed by atoms with Crippen molar-refractivity contribution in [2.75, 3.05) is 12.3 Å². The van der Waals surface area contributed by atoms with Gasteiger partial charge in [-0.2, -0.15) is 15.5 Å². The smallest absolute Gasteiger partial charge is 0.139 e. The highest BCUT2D eigenvalue weighted by molar-refractivity contribution is 5.53. The van der Waals surface area contributed by atoms with Gasteiger partial charge in [0.2, 0.25) is 0 Å². The highest BCUT2D eigenvalue weighted by Gasteiger charge is 2.05. The molecular formula is C21H26N4O. The van der Waals surface area contributed by atoms with E-state index in [1.54, 1.807) is 42.5 Å². The first-order chi connectivity index (χ1) is 12.7. The Labute approximate surface area is 155 Å². The normalized spacial score (nSPS) is 10.8. The molecule has 0 fully saturated rings. The van der Waals surface area contributed by atoms with Crippen LogP contribution in [0, 0.1) is 11.3 Å². The lowest BCUT2D eigenvalue weighted by atomic mass is 10.1. The van der Waals surface area contributed by atoms with Crippen molar-refractivity contribution in [1.29, 1.82) is 5.26 Å². The molecule has 2 aromatic rings. The van der Waals surface area contributed by atoms with Crippen molar-refractivity contribution in [3.63, 3.8) is 0 Å². The molecule has 0 saturated heterocycles. The second-order valence-electron chi connectivity index (χ2n) is 6.20. The number of ether oxygens (including phenoxy) is 1. The Bertz CT molecular complexity index is 748. The third-order valence-corrected chi connectivity index (χ3v) is 4.02. The standard InChI is InChI=1S/C21H26N4O/c1-2-3-4-5-6-7-14-26-21-15-20(11-8-17(21)16-22)25-24-19-12-9-18(23)10-13-19/h8-13,15H,2-7,14,23H2,1H3. The van der Waals surface area contributed by atoms with Crippen LogP contribution in [0.25, 0.3) is 0 Å². The van der Waals surface area contributed by atoms with Gasteiger partial charge in [0.05, 0.1) is 23.5 Å². The van der Waals surface area contributed by atoms with Crippen LogP contribution in [0.2, 0.25) is 0 Å². The summed E-state index contributed by atoms with van der Waals surface area (Å²) in [5.41, 5.74) is 8.23. The van der Waals surface area contributed by atoms with Crippen LogP contribution in [0.3, 0.4) is 0 Å². The summed E-state index contributed by atoms with van der Waals surface area (Å²) in [6, 6.07) is 14.6. The fraction of sp³-hybridized carbons (Fsp3) is 0.381. The number of nitrogen functional groups attached to an aromatic ring is 1. The molecule has 2 N–H and O–H groups in total. The topological polar surface area (TPSA) is 83.8 Å². The Hall–Kier alpha value is -2.87. The molecule has 5 heteroatoms. The molecule has 0 aliphatic carbocycles. The Balaban J connectivity index is 1.92. The van der Waals surface area contributed by atoms with Crippen molar-refractivity contribution < 1.29 is 4.74 Å². The zero-order valence-corrected chi connectivity index (χ0v) is 15.3. The third kappa shape index (κ3) is 6.56. The van der Waals surface area contributed by atoms with Crippen LogP contribution in [-0.2, 0) is 0 Å². The number of anilines is 1. The van der Waals surface area contributed by atoms with Gasteiger partial charge in [-0.1, -0.05) is 39.0 Å². The van der Waals surface area contributed by atoms with Crippen molar-refractivity contribution >= 4 is 17.1 Å². The summed E-state index contributed by atoms with van der Waals surface area (Å²) in [6.07, 6.45) is 7.20. The van der Waals surface area contributed by atoms with Gasteiger partial charge < -0.3 is 10.5 Å². The van der Waals surface area contributed by atoms with Gasteiger partial charge in [-0.25, -0.2) is 0 Å². The average molecular weight is 350 g/mol. The molecule has 0 radical (unpaired) electrons. The molecule has 5 nitrogen and oxygen atoms in total. The van der Waals surface area contributed by atoms with Crippen LogP contribution in [0.4, 0.5) is 17.1 Å². The minimum atomic E-state index is 0.516. The monoisotopic (exact) mass is 350 g/mol. The van der Waals surface area contributed by atoms with Crippen molar-refractivity contribution in [3.8, 4) is 11.8 Å². The molecule has 2 rings (SSSR count). The summed E-state index contributed by atoms with van der Waals surface area (Å²) in [7, 11) is 0. The number of hydrogen-bond donors (Lipinski definition) is 1. The number of nitriles is 1. The van der Waals surface area contributed by atoms with Gasteiger partial charge in [0.1, 0.15) is 11.8 Å². The molecule has 2 aromatic carbocycles. The average Bonchev–Trinajstić information content (AvgIpc) is 2.67. The molecule has 0 amide bonds. The van der Waals surface area contributed by atoms with Crippen LogP contribution >= 0.6 is 0 Å². The second-order valence-corrected chi connectivity index (χ2v) is 6.20. The summed E-state index contributed by atoms with van der Waals surface area (Å²) >= 11 is 0. The fourth-order valence-corrected chi connectivity index (χ4v) is 2.51. The summed E-state index contributed by atoms with van der Waals surface area (Å²) in [4.78, 5) is 0. The van der Waals surface area contributed by atoms with Crippen molar-refractivity contribution in [2.24, 2.45) is 10.2 Å². The summed E-state index contributed by atoms with van der Waals surface area (Å²) < 4.78 is 5.80. The van der Waals surface area contributed by atoms with Gasteiger partial charge in [0.15, 0.2) is 0 Å². The SMILES string of the molecule is CCCCCCCCOc1cc(N=Nc2ccc(N)cc2)ccc1C#N. The van der Waals surface area contributed by atoms with Crippen LogP contribution in [0.5, 0.6) is 5.75 Å². The molecule has 26 heavy (non-hydrogen) atoms. The minimum absolute atomic E-state index is 0.516. The van der Waals surface area contributed by atoms with Crippen LogP contribution in [-0.4, -0.2) is 6.61 Å². The van der Waals surface area contributed by atoms with E-state index >= 15 is 0 Å². The largest absolute Gasteiger partial charge is 0.492 e. The number of benzene rings is 2. The zero-order valence-electron chi connectivity index (χ0n) is 15.3. The van der Waals surface area contributed by atoms with E-state index in [9.17, 15) is 5.26 Å². The molecule has 0 aromatic heterocycles. The maximum absolute atomic E-state index is 9.25. The van der Waals surface area contributed by atoms with Gasteiger partial charge in [-0.15, -0.1) is 0 Å². The lowest BCUT2D eigenvalue weighted by Crippen LogP contribution is -1.99. The van der Waals surface area contributed by atoms with Gasteiger partial charge in [0.25, 0.3) is 0 Å². The number of azo groups is 1. The highest BCUT2D eigenvalue weighted by atomic mass is 16.5. The summed E-state index contributed by atoms with van der Waals surface area (Å²) in [5, 5.41) is 17.6. The highest BCUT2D eigenvalue weighted by Crippen LogP contribution is 2.27. The van der Waals surface area contributed by atoms with Gasteiger partial charge in [-0.05, 0) is 42.8 Å². The first-order valence-corrected chi connectivity index (χ1v) is 9.17. The van der Waals surface area contributed by atoms with Crippen LogP contribution in [0.1, 0.15) is 51.0 Å². The number of nitrogens with two attached hydrogens (primary N) is 1. The molecule has 0 saturated carbocycles. The Morgan fingerprint density at radius 1 is 0.923 bits per heavy atom. The summed E-state index contributed by atoms with van der Waals surface area (Å²) in [5.74, 6) is 0.565. The van der Waals surface area contributed by atoms with E-state index in [1.165, 1.54) is 25.7 Å².